The van der Waals surface area contributed by atoms with E-state index in [4.69, 9.17) is 4.74 Å². The smallest absolute Gasteiger partial charge is 0.331 e. The van der Waals surface area contributed by atoms with Gasteiger partial charge in [0.2, 0.25) is 11.8 Å². The quantitative estimate of drug-likeness (QED) is 0.331. The third kappa shape index (κ3) is 11.2. The number of ether oxygens (including phenoxy) is 2. The third-order valence-corrected chi connectivity index (χ3v) is 2.21. The van der Waals surface area contributed by atoms with E-state index >= 15 is 0 Å². The number of rotatable bonds is 9. The molecule has 21 heavy (non-hydrogen) atoms. The summed E-state index contributed by atoms with van der Waals surface area (Å²) in [6.07, 6.45) is 2.67. The minimum absolute atomic E-state index is 0.0751. The first-order valence-corrected chi connectivity index (χ1v) is 6.45. The van der Waals surface area contributed by atoms with Crippen molar-refractivity contribution in [2.75, 3.05) is 26.8 Å². The molecule has 0 bridgehead atoms. The number of amides is 2. The van der Waals surface area contributed by atoms with Crippen LogP contribution in [0.5, 0.6) is 0 Å². The number of hydrogen-bond acceptors (Lipinski definition) is 6. The lowest BCUT2D eigenvalue weighted by Crippen LogP contribution is -2.37. The van der Waals surface area contributed by atoms with Crippen LogP contribution in [0.3, 0.4) is 0 Å². The Hall–Kier alpha value is -2.38. The molecule has 0 heterocycles. The van der Waals surface area contributed by atoms with Gasteiger partial charge in [0.1, 0.15) is 0 Å². The normalized spacial score (nSPS) is 10.0. The molecule has 0 unspecified atom stereocenters. The predicted molar refractivity (Wildman–Crippen MR) is 73.0 cm³/mol. The molecule has 0 aliphatic carbocycles. The van der Waals surface area contributed by atoms with Crippen LogP contribution in [0.4, 0.5) is 0 Å². The van der Waals surface area contributed by atoms with Gasteiger partial charge in [-0.05, 0) is 6.42 Å². The van der Waals surface area contributed by atoms with Crippen LogP contribution in [-0.2, 0) is 28.7 Å². The Morgan fingerprint density at radius 3 is 2.29 bits per heavy atom. The molecule has 118 valence electrons. The molecule has 0 spiro atoms. The van der Waals surface area contributed by atoms with Gasteiger partial charge in [-0.1, -0.05) is 6.92 Å². The van der Waals surface area contributed by atoms with Crippen molar-refractivity contribution in [3.8, 4) is 0 Å². The number of carbonyl (C=O) groups excluding carboxylic acids is 4. The van der Waals surface area contributed by atoms with Gasteiger partial charge in [0.15, 0.2) is 0 Å². The molecule has 0 aromatic rings. The molecule has 0 aliphatic heterocycles. The average molecular weight is 300 g/mol. The summed E-state index contributed by atoms with van der Waals surface area (Å²) in [5.74, 6) is -1.82. The van der Waals surface area contributed by atoms with Crippen LogP contribution in [0.2, 0.25) is 0 Å². The fourth-order valence-electron chi connectivity index (χ4n) is 1.09. The first-order chi connectivity index (χ1) is 9.99. The summed E-state index contributed by atoms with van der Waals surface area (Å²) in [6.45, 7) is 2.03. The Morgan fingerprint density at radius 2 is 1.67 bits per heavy atom. The molecule has 0 aliphatic rings. The van der Waals surface area contributed by atoms with Crippen molar-refractivity contribution in [2.45, 2.75) is 19.8 Å². The molecule has 2 amide bonds. The van der Waals surface area contributed by atoms with Crippen LogP contribution in [-0.4, -0.2) is 50.6 Å². The molecule has 0 saturated carbocycles. The number of hydrogen-bond donors (Lipinski definition) is 2. The minimum atomic E-state index is -0.665. The van der Waals surface area contributed by atoms with Gasteiger partial charge in [-0.3, -0.25) is 9.59 Å². The van der Waals surface area contributed by atoms with E-state index in [-0.39, 0.29) is 25.0 Å². The van der Waals surface area contributed by atoms with Crippen LogP contribution in [0, 0.1) is 0 Å². The lowest BCUT2D eigenvalue weighted by atomic mass is 10.4. The van der Waals surface area contributed by atoms with E-state index in [1.54, 1.807) is 6.92 Å². The topological polar surface area (TPSA) is 111 Å². The fourth-order valence-corrected chi connectivity index (χ4v) is 1.09. The summed E-state index contributed by atoms with van der Waals surface area (Å²) in [6, 6.07) is 0. The van der Waals surface area contributed by atoms with Gasteiger partial charge in [0, 0.05) is 25.1 Å². The van der Waals surface area contributed by atoms with Crippen molar-refractivity contribution >= 4 is 23.8 Å². The molecule has 8 nitrogen and oxygen atoms in total. The second kappa shape index (κ2) is 11.4. The summed E-state index contributed by atoms with van der Waals surface area (Å²) in [7, 11) is 1.20. The Balaban J connectivity index is 3.61. The average Bonchev–Trinajstić information content (AvgIpc) is 2.49. The van der Waals surface area contributed by atoms with Crippen molar-refractivity contribution in [3.05, 3.63) is 12.2 Å². The number of carbonyl (C=O) groups is 4. The highest BCUT2D eigenvalue weighted by atomic mass is 16.5. The van der Waals surface area contributed by atoms with Gasteiger partial charge < -0.3 is 20.1 Å². The molecule has 0 aromatic carbocycles. The Labute approximate surface area is 122 Å². The SMILES string of the molecule is CCC(=O)NCC(=O)NCCCOC(=O)/C=C/C(=O)OC. The second-order valence-corrected chi connectivity index (χ2v) is 3.86. The molecule has 2 N–H and O–H groups in total. The summed E-state index contributed by atoms with van der Waals surface area (Å²) in [5.41, 5.74) is 0. The van der Waals surface area contributed by atoms with Gasteiger partial charge in [0.05, 0.1) is 20.3 Å². The summed E-state index contributed by atoms with van der Waals surface area (Å²) in [5, 5.41) is 4.99. The molecule has 0 rings (SSSR count). The third-order valence-electron chi connectivity index (χ3n) is 2.21. The van der Waals surface area contributed by atoms with Crippen LogP contribution in [0.15, 0.2) is 12.2 Å². The summed E-state index contributed by atoms with van der Waals surface area (Å²) >= 11 is 0. The highest BCUT2D eigenvalue weighted by Gasteiger charge is 2.03. The molecular weight excluding hydrogens is 280 g/mol. The highest BCUT2D eigenvalue weighted by molar-refractivity contribution is 5.91. The Kier molecular flexibility index (Phi) is 10.1. The highest BCUT2D eigenvalue weighted by Crippen LogP contribution is 1.87. The van der Waals surface area contributed by atoms with E-state index in [9.17, 15) is 19.2 Å². The molecule has 0 fully saturated rings. The Morgan fingerprint density at radius 1 is 1.00 bits per heavy atom. The molecule has 8 heteroatoms. The fraction of sp³-hybridized carbons (Fsp3) is 0.538. The van der Waals surface area contributed by atoms with E-state index in [0.29, 0.717) is 19.4 Å². The van der Waals surface area contributed by atoms with E-state index in [2.05, 4.69) is 15.4 Å². The molecule has 0 radical (unpaired) electrons. The lowest BCUT2D eigenvalue weighted by Gasteiger charge is -2.06. The van der Waals surface area contributed by atoms with Crippen molar-refractivity contribution in [2.24, 2.45) is 0 Å². The number of esters is 2. The first kappa shape index (κ1) is 18.6. The maximum atomic E-state index is 11.3. The minimum Gasteiger partial charge on any atom is -0.466 e. The van der Waals surface area contributed by atoms with Gasteiger partial charge in [-0.15, -0.1) is 0 Å². The van der Waals surface area contributed by atoms with Crippen molar-refractivity contribution in [3.63, 3.8) is 0 Å². The monoisotopic (exact) mass is 300 g/mol. The lowest BCUT2D eigenvalue weighted by molar-refractivity contribution is -0.139. The number of methoxy groups -OCH3 is 1. The van der Waals surface area contributed by atoms with E-state index < -0.39 is 11.9 Å². The van der Waals surface area contributed by atoms with Gasteiger partial charge in [0.25, 0.3) is 0 Å². The van der Waals surface area contributed by atoms with Crippen LogP contribution in [0.1, 0.15) is 19.8 Å². The zero-order valence-electron chi connectivity index (χ0n) is 12.1. The second-order valence-electron chi connectivity index (χ2n) is 3.86. The zero-order chi connectivity index (χ0) is 16.1. The summed E-state index contributed by atoms with van der Waals surface area (Å²) < 4.78 is 9.09. The Bertz CT molecular complexity index is 405. The van der Waals surface area contributed by atoms with E-state index in [1.807, 2.05) is 0 Å². The van der Waals surface area contributed by atoms with Crippen LogP contribution in [0.25, 0.3) is 0 Å². The molecular formula is C13H20N2O6. The van der Waals surface area contributed by atoms with Crippen LogP contribution >= 0.6 is 0 Å². The molecule has 0 aromatic heterocycles. The molecule has 0 saturated heterocycles. The maximum absolute atomic E-state index is 11.3. The first-order valence-electron chi connectivity index (χ1n) is 6.45. The van der Waals surface area contributed by atoms with Gasteiger partial charge >= 0.3 is 11.9 Å². The van der Waals surface area contributed by atoms with Crippen molar-refractivity contribution in [1.82, 2.24) is 10.6 Å². The zero-order valence-corrected chi connectivity index (χ0v) is 12.1. The van der Waals surface area contributed by atoms with E-state index in [0.717, 1.165) is 12.2 Å². The number of nitrogens with one attached hydrogen (secondary N) is 2. The largest absolute Gasteiger partial charge is 0.466 e. The van der Waals surface area contributed by atoms with E-state index in [1.165, 1.54) is 7.11 Å². The summed E-state index contributed by atoms with van der Waals surface area (Å²) in [4.78, 5) is 44.0. The van der Waals surface area contributed by atoms with Gasteiger partial charge in [-0.25, -0.2) is 9.59 Å². The van der Waals surface area contributed by atoms with Gasteiger partial charge in [-0.2, -0.15) is 0 Å². The standard InChI is InChI=1S/C13H20N2O6/c1-3-10(16)15-9-11(17)14-7-4-8-21-13(19)6-5-12(18)20-2/h5-6H,3-4,7-9H2,1-2H3,(H,14,17)(H,15,16)/b6-5+. The molecule has 0 atom stereocenters. The predicted octanol–water partition coefficient (Wildman–Crippen LogP) is -0.709. The van der Waals surface area contributed by atoms with Crippen molar-refractivity contribution < 1.29 is 28.7 Å². The van der Waals surface area contributed by atoms with Crippen LogP contribution < -0.4 is 10.6 Å². The van der Waals surface area contributed by atoms with Crippen molar-refractivity contribution in [1.29, 1.82) is 0 Å². The maximum Gasteiger partial charge on any atom is 0.331 e.